The molecule has 2 rings (SSSR count). The van der Waals surface area contributed by atoms with Crippen molar-refractivity contribution in [3.05, 3.63) is 37.0 Å². The Morgan fingerprint density at radius 2 is 0.985 bits per heavy atom. The standard InChI is InChI=1S/C47H66O21/c1-13-46(11,68-45-41(62-33(10)54)40(61-32(9)53)38(60-31(8)52)34(63-45)25-58-30(7)51)22-15-17-26(3)43(57)66-37-29(6)59-44(67-47(12,14-2)23-16-24-48)42(65-36(56)21-19-28(5)50)39(37)64-35(55)20-18-27(4)49/h13-14,17,24,29,34,37-42,44-45H,1-2,15-16,18-23,25H2,3-12H3/b26-17+/t29-,34-,37-,38-,39+,40+,41-,42-,44+,45+,46+,47+/m1/s1. The summed E-state index contributed by atoms with van der Waals surface area (Å²) in [6.07, 6.45) is -10.3. The third kappa shape index (κ3) is 19.2. The molecule has 2 aliphatic heterocycles. The van der Waals surface area contributed by atoms with E-state index < -0.39 is 121 Å². The van der Waals surface area contributed by atoms with Crippen LogP contribution in [0.15, 0.2) is 37.0 Å². The van der Waals surface area contributed by atoms with E-state index in [1.807, 2.05) is 0 Å². The Labute approximate surface area is 395 Å². The number of ketones is 2. The van der Waals surface area contributed by atoms with Crippen molar-refractivity contribution in [2.75, 3.05) is 6.61 Å². The average Bonchev–Trinajstić information content (AvgIpc) is 3.24. The fourth-order valence-corrected chi connectivity index (χ4v) is 6.92. The lowest BCUT2D eigenvalue weighted by Crippen LogP contribution is -2.63. The summed E-state index contributed by atoms with van der Waals surface area (Å²) in [5.74, 6) is -6.52. The van der Waals surface area contributed by atoms with Crippen molar-refractivity contribution in [2.45, 2.75) is 193 Å². The Bertz CT molecular complexity index is 1890. The summed E-state index contributed by atoms with van der Waals surface area (Å²) in [6, 6.07) is 0. The fourth-order valence-electron chi connectivity index (χ4n) is 6.92. The Balaban J connectivity index is 2.50. The minimum absolute atomic E-state index is 0.0408. The molecule has 21 heteroatoms. The quantitative estimate of drug-likeness (QED) is 0.0371. The Morgan fingerprint density at radius 1 is 0.544 bits per heavy atom. The number of rotatable bonds is 27. The first-order chi connectivity index (χ1) is 31.8. The van der Waals surface area contributed by atoms with Gasteiger partial charge in [0.1, 0.15) is 30.6 Å². The number of carbonyl (C=O) groups excluding carboxylic acids is 10. The number of aldehydes is 1. The van der Waals surface area contributed by atoms with Crippen molar-refractivity contribution < 1.29 is 100 Å². The summed E-state index contributed by atoms with van der Waals surface area (Å²) in [5.41, 5.74) is -2.55. The van der Waals surface area contributed by atoms with Gasteiger partial charge in [-0.3, -0.25) is 28.8 Å². The van der Waals surface area contributed by atoms with Gasteiger partial charge in [0.2, 0.25) is 0 Å². The molecule has 0 bridgehead atoms. The van der Waals surface area contributed by atoms with Gasteiger partial charge in [0.15, 0.2) is 49.2 Å². The molecule has 0 aromatic rings. The van der Waals surface area contributed by atoms with Gasteiger partial charge in [0.25, 0.3) is 0 Å². The minimum atomic E-state index is -1.61. The largest absolute Gasteiger partial charge is 0.463 e. The molecule has 12 atom stereocenters. The second kappa shape index (κ2) is 27.4. The first-order valence-corrected chi connectivity index (χ1v) is 22.0. The van der Waals surface area contributed by atoms with Crippen LogP contribution in [0, 0.1) is 0 Å². The zero-order chi connectivity index (χ0) is 51.5. The first-order valence-electron chi connectivity index (χ1n) is 22.0. The predicted molar refractivity (Wildman–Crippen MR) is 233 cm³/mol. The maximum atomic E-state index is 13.9. The third-order valence-electron chi connectivity index (χ3n) is 10.6. The van der Waals surface area contributed by atoms with Crippen molar-refractivity contribution in [3.63, 3.8) is 0 Å². The summed E-state index contributed by atoms with van der Waals surface area (Å²) in [5, 5.41) is 0. The Kier molecular flexibility index (Phi) is 23.5. The lowest BCUT2D eigenvalue weighted by molar-refractivity contribution is -0.324. The second-order valence-corrected chi connectivity index (χ2v) is 16.9. The van der Waals surface area contributed by atoms with Crippen molar-refractivity contribution in [1.82, 2.24) is 0 Å². The van der Waals surface area contributed by atoms with Crippen LogP contribution in [0.4, 0.5) is 0 Å². The SMILES string of the molecule is C=C[C@@](C)(CCC=O)O[C@@H]1O[C@H](C)[C@@H](OC(=O)/C(C)=C/CC[C@](C)(C=C)O[C@@H]2O[C@H](COC(C)=O)[C@@H](OC(C)=O)[C@H](OC(C)=O)[C@H]2OC(C)=O)[C@H](OC(=O)CCC(C)=O)[C@H]1OC(=O)CCC(C)=O. The second-order valence-electron chi connectivity index (χ2n) is 16.9. The molecule has 380 valence electrons. The summed E-state index contributed by atoms with van der Waals surface area (Å²) in [7, 11) is 0. The summed E-state index contributed by atoms with van der Waals surface area (Å²) < 4.78 is 63.9. The number of hydrogen-bond donors (Lipinski definition) is 0. The van der Waals surface area contributed by atoms with E-state index in [4.69, 9.17) is 52.1 Å². The molecule has 0 aliphatic carbocycles. The maximum absolute atomic E-state index is 13.9. The van der Waals surface area contributed by atoms with Crippen LogP contribution in [-0.2, 0) is 100 Å². The number of allylic oxidation sites excluding steroid dienone is 1. The zero-order valence-electron chi connectivity index (χ0n) is 40.4. The van der Waals surface area contributed by atoms with Crippen LogP contribution in [0.3, 0.4) is 0 Å². The third-order valence-corrected chi connectivity index (χ3v) is 10.6. The number of Topliss-reactive ketones (excluding diaryl/α,β-unsaturated/α-hetero) is 2. The average molecular weight is 967 g/mol. The van der Waals surface area contributed by atoms with E-state index >= 15 is 0 Å². The highest BCUT2D eigenvalue weighted by atomic mass is 16.8. The van der Waals surface area contributed by atoms with Crippen LogP contribution in [0.5, 0.6) is 0 Å². The van der Waals surface area contributed by atoms with E-state index in [0.29, 0.717) is 6.29 Å². The van der Waals surface area contributed by atoms with Crippen LogP contribution < -0.4 is 0 Å². The summed E-state index contributed by atoms with van der Waals surface area (Å²) in [4.78, 5) is 124. The number of hydrogen-bond acceptors (Lipinski definition) is 21. The van der Waals surface area contributed by atoms with Crippen molar-refractivity contribution >= 4 is 59.6 Å². The fraction of sp³-hybridized carbons (Fsp3) is 0.660. The van der Waals surface area contributed by atoms with Crippen LogP contribution in [-0.4, -0.2) is 139 Å². The topological polar surface area (TPSA) is 272 Å². The van der Waals surface area contributed by atoms with Gasteiger partial charge in [-0.05, 0) is 60.8 Å². The molecule has 0 saturated carbocycles. The van der Waals surface area contributed by atoms with Gasteiger partial charge in [-0.2, -0.15) is 0 Å². The van der Waals surface area contributed by atoms with E-state index in [1.54, 1.807) is 13.8 Å². The van der Waals surface area contributed by atoms with Crippen LogP contribution in [0.1, 0.15) is 121 Å². The molecule has 68 heavy (non-hydrogen) atoms. The van der Waals surface area contributed by atoms with Gasteiger partial charge in [-0.1, -0.05) is 18.2 Å². The Hall–Kier alpha value is -5.64. The zero-order valence-corrected chi connectivity index (χ0v) is 40.4. The molecule has 2 heterocycles. The van der Waals surface area contributed by atoms with Crippen LogP contribution in [0.2, 0.25) is 0 Å². The first kappa shape index (κ1) is 58.5. The number of esters is 7. The molecule has 0 spiro atoms. The molecule has 0 N–H and O–H groups in total. The summed E-state index contributed by atoms with van der Waals surface area (Å²) >= 11 is 0. The highest BCUT2D eigenvalue weighted by Gasteiger charge is 2.55. The highest BCUT2D eigenvalue weighted by Crippen LogP contribution is 2.36. The minimum Gasteiger partial charge on any atom is -0.463 e. The van der Waals surface area contributed by atoms with Gasteiger partial charge in [0, 0.05) is 52.5 Å². The van der Waals surface area contributed by atoms with E-state index in [9.17, 15) is 47.9 Å². The molecule has 2 aliphatic rings. The van der Waals surface area contributed by atoms with Gasteiger partial charge in [-0.15, -0.1) is 13.2 Å². The molecule has 21 nitrogen and oxygen atoms in total. The molecule has 0 radical (unpaired) electrons. The van der Waals surface area contributed by atoms with Gasteiger partial charge < -0.3 is 66.5 Å². The molecular weight excluding hydrogens is 900 g/mol. The molecule has 0 aromatic carbocycles. The highest BCUT2D eigenvalue weighted by molar-refractivity contribution is 5.88. The van der Waals surface area contributed by atoms with Crippen molar-refractivity contribution in [2.24, 2.45) is 0 Å². The van der Waals surface area contributed by atoms with Gasteiger partial charge in [-0.25, -0.2) is 4.79 Å². The smallest absolute Gasteiger partial charge is 0.333 e. The van der Waals surface area contributed by atoms with Crippen molar-refractivity contribution in [1.29, 1.82) is 0 Å². The summed E-state index contributed by atoms with van der Waals surface area (Å²) in [6.45, 7) is 20.3. The molecule has 0 amide bonds. The Morgan fingerprint density at radius 3 is 1.46 bits per heavy atom. The number of carbonyl (C=O) groups is 10. The monoisotopic (exact) mass is 966 g/mol. The predicted octanol–water partition coefficient (Wildman–Crippen LogP) is 3.92. The molecular formula is C47H66O21. The van der Waals surface area contributed by atoms with Crippen molar-refractivity contribution in [3.8, 4) is 0 Å². The number of ether oxygens (including phenoxy) is 11. The van der Waals surface area contributed by atoms with Crippen LogP contribution >= 0.6 is 0 Å². The van der Waals surface area contributed by atoms with E-state index in [2.05, 4.69) is 13.2 Å². The van der Waals surface area contributed by atoms with E-state index in [0.717, 1.165) is 27.7 Å². The van der Waals surface area contributed by atoms with Gasteiger partial charge in [0.05, 0.1) is 30.1 Å². The lowest BCUT2D eigenvalue weighted by atomic mass is 9.95. The van der Waals surface area contributed by atoms with Gasteiger partial charge >= 0.3 is 41.8 Å². The molecule has 2 fully saturated rings. The van der Waals surface area contributed by atoms with Crippen LogP contribution in [0.25, 0.3) is 0 Å². The molecule has 0 unspecified atom stereocenters. The molecule has 0 aromatic heterocycles. The van der Waals surface area contributed by atoms with E-state index in [-0.39, 0.29) is 68.5 Å². The molecule has 2 saturated heterocycles. The van der Waals surface area contributed by atoms with E-state index in [1.165, 1.54) is 45.9 Å². The lowest BCUT2D eigenvalue weighted by Gasteiger charge is -2.46. The maximum Gasteiger partial charge on any atom is 0.333 e. The normalized spacial score (nSPS) is 26.5.